The molecule has 1 aromatic carbocycles. The Morgan fingerprint density at radius 3 is 2.74 bits per heavy atom. The second-order valence-corrected chi connectivity index (χ2v) is 6.24. The van der Waals surface area contributed by atoms with Gasteiger partial charge in [-0.1, -0.05) is 29.8 Å². The number of fused-ring (bicyclic) bond motifs is 2. The summed E-state index contributed by atoms with van der Waals surface area (Å²) in [6, 6.07) is 8.21. The van der Waals surface area contributed by atoms with E-state index in [9.17, 15) is 0 Å². The van der Waals surface area contributed by atoms with Crippen molar-refractivity contribution in [1.82, 2.24) is 19.5 Å². The monoisotopic (exact) mass is 325 g/mol. The first kappa shape index (κ1) is 14.1. The van der Waals surface area contributed by atoms with Crippen molar-refractivity contribution in [2.45, 2.75) is 19.9 Å². The van der Waals surface area contributed by atoms with Gasteiger partial charge in [0.15, 0.2) is 0 Å². The lowest BCUT2D eigenvalue weighted by molar-refractivity contribution is 0.618. The summed E-state index contributed by atoms with van der Waals surface area (Å²) in [5.74, 6) is 0.458. The van der Waals surface area contributed by atoms with Gasteiger partial charge in [-0.2, -0.15) is 0 Å². The number of para-hydroxylation sites is 1. The highest BCUT2D eigenvalue weighted by Gasteiger charge is 2.20. The second kappa shape index (κ2) is 4.99. The Kier molecular flexibility index (Phi) is 3.06. The summed E-state index contributed by atoms with van der Waals surface area (Å²) in [5, 5.41) is 2.51. The lowest BCUT2D eigenvalue weighted by atomic mass is 10.1. The highest BCUT2D eigenvalue weighted by Crippen LogP contribution is 2.40. The Bertz CT molecular complexity index is 1030. The van der Waals surface area contributed by atoms with Crippen LogP contribution >= 0.6 is 11.6 Å². The molecule has 0 spiro atoms. The molecule has 0 radical (unpaired) electrons. The van der Waals surface area contributed by atoms with E-state index in [1.54, 1.807) is 0 Å². The molecule has 0 saturated carbocycles. The lowest BCUT2D eigenvalue weighted by Gasteiger charge is -2.07. The quantitative estimate of drug-likeness (QED) is 0.574. The molecule has 0 amide bonds. The molecule has 0 aliphatic heterocycles. The van der Waals surface area contributed by atoms with E-state index in [-0.39, 0.29) is 6.04 Å². The maximum Gasteiger partial charge on any atom is 0.146 e. The zero-order valence-corrected chi connectivity index (χ0v) is 13.6. The van der Waals surface area contributed by atoms with E-state index in [1.807, 2.05) is 30.5 Å². The van der Waals surface area contributed by atoms with Gasteiger partial charge in [-0.25, -0.2) is 9.97 Å². The number of hydrogen-bond acceptors (Lipinski definition) is 3. The number of rotatable bonds is 2. The zero-order valence-electron chi connectivity index (χ0n) is 12.8. The number of halogens is 1. The Morgan fingerprint density at radius 1 is 1.22 bits per heavy atom. The van der Waals surface area contributed by atoms with Gasteiger partial charge in [-0.3, -0.25) is 0 Å². The Hall–Kier alpha value is -2.53. The smallest absolute Gasteiger partial charge is 0.146 e. The number of H-pyrrole nitrogens is 1. The van der Waals surface area contributed by atoms with Crippen molar-refractivity contribution in [1.29, 1.82) is 0 Å². The van der Waals surface area contributed by atoms with E-state index < -0.39 is 0 Å². The van der Waals surface area contributed by atoms with Crippen molar-refractivity contribution in [3.05, 3.63) is 41.8 Å². The molecule has 0 saturated heterocycles. The van der Waals surface area contributed by atoms with Crippen molar-refractivity contribution in [2.75, 3.05) is 5.73 Å². The van der Waals surface area contributed by atoms with Crippen molar-refractivity contribution in [2.24, 2.45) is 0 Å². The van der Waals surface area contributed by atoms with Gasteiger partial charge < -0.3 is 15.3 Å². The van der Waals surface area contributed by atoms with Crippen LogP contribution < -0.4 is 5.73 Å². The molecule has 0 fully saturated rings. The van der Waals surface area contributed by atoms with Crippen LogP contribution in [0.1, 0.15) is 19.9 Å². The maximum atomic E-state index is 6.61. The number of nitrogens with one attached hydrogen (secondary N) is 1. The highest BCUT2D eigenvalue weighted by molar-refractivity contribution is 6.38. The minimum absolute atomic E-state index is 0.253. The second-order valence-electron chi connectivity index (χ2n) is 5.86. The number of nitrogens with zero attached hydrogens (tertiary/aromatic N) is 3. The SMILES string of the molecule is CC(C)n1cc(-c2[nH]c3ccccc3c2Cl)c2c(N)ncnc21. The fraction of sp³-hybridized carbons (Fsp3) is 0.176. The number of anilines is 1. The van der Waals surface area contributed by atoms with E-state index in [1.165, 1.54) is 6.33 Å². The fourth-order valence-corrected chi connectivity index (χ4v) is 3.30. The molecule has 4 rings (SSSR count). The third-order valence-electron chi connectivity index (χ3n) is 4.11. The number of nitrogen functional groups attached to an aromatic ring is 1. The average molecular weight is 326 g/mol. The molecule has 4 aromatic rings. The normalized spacial score (nSPS) is 11.8. The van der Waals surface area contributed by atoms with E-state index in [2.05, 4.69) is 33.4 Å². The number of nitrogens with two attached hydrogens (primary N) is 1. The van der Waals surface area contributed by atoms with Crippen LogP contribution in [0.3, 0.4) is 0 Å². The standard InChI is InChI=1S/C17H16ClN5/c1-9(2)23-7-11(13-16(19)20-8-21-17(13)23)15-14(18)10-5-3-4-6-12(10)22-15/h3-9,22H,1-2H3,(H2,19,20,21). The fourth-order valence-electron chi connectivity index (χ4n) is 2.98. The zero-order chi connectivity index (χ0) is 16.1. The van der Waals surface area contributed by atoms with Crippen molar-refractivity contribution in [3.8, 4) is 11.3 Å². The summed E-state index contributed by atoms with van der Waals surface area (Å²) in [5.41, 5.74) is 9.71. The molecule has 3 heterocycles. The number of aromatic nitrogens is 4. The summed E-state index contributed by atoms with van der Waals surface area (Å²) in [6.07, 6.45) is 3.53. The Labute approximate surface area is 138 Å². The molecule has 6 heteroatoms. The van der Waals surface area contributed by atoms with E-state index in [0.717, 1.165) is 33.2 Å². The van der Waals surface area contributed by atoms with Gasteiger partial charge >= 0.3 is 0 Å². The van der Waals surface area contributed by atoms with Crippen LogP contribution in [0.25, 0.3) is 33.2 Å². The third kappa shape index (κ3) is 2.00. The molecule has 116 valence electrons. The number of benzene rings is 1. The van der Waals surface area contributed by atoms with E-state index in [0.29, 0.717) is 10.8 Å². The van der Waals surface area contributed by atoms with Crippen LogP contribution in [0.15, 0.2) is 36.8 Å². The van der Waals surface area contributed by atoms with Gasteiger partial charge in [0.2, 0.25) is 0 Å². The lowest BCUT2D eigenvalue weighted by Crippen LogP contribution is -2.00. The summed E-state index contributed by atoms with van der Waals surface area (Å²) < 4.78 is 2.09. The first-order chi connectivity index (χ1) is 11.1. The van der Waals surface area contributed by atoms with Crippen LogP contribution in [0.5, 0.6) is 0 Å². The molecule has 0 unspecified atom stereocenters. The summed E-state index contributed by atoms with van der Waals surface area (Å²) in [4.78, 5) is 11.9. The molecule has 0 aliphatic rings. The minimum atomic E-state index is 0.253. The van der Waals surface area contributed by atoms with Crippen molar-refractivity contribution >= 4 is 39.4 Å². The summed E-state index contributed by atoms with van der Waals surface area (Å²) in [7, 11) is 0. The predicted molar refractivity (Wildman–Crippen MR) is 94.6 cm³/mol. The molecule has 5 nitrogen and oxygen atoms in total. The molecular weight excluding hydrogens is 310 g/mol. The molecule has 0 aliphatic carbocycles. The molecule has 0 atom stereocenters. The Balaban J connectivity index is 2.10. The van der Waals surface area contributed by atoms with Gasteiger partial charge in [0.05, 0.1) is 16.1 Å². The number of aromatic amines is 1. The molecule has 3 aromatic heterocycles. The van der Waals surface area contributed by atoms with Crippen molar-refractivity contribution < 1.29 is 0 Å². The minimum Gasteiger partial charge on any atom is -0.383 e. The largest absolute Gasteiger partial charge is 0.383 e. The van der Waals surface area contributed by atoms with Gasteiger partial charge in [0.1, 0.15) is 17.8 Å². The molecule has 0 bridgehead atoms. The van der Waals surface area contributed by atoms with Gasteiger partial charge in [-0.15, -0.1) is 0 Å². The third-order valence-corrected chi connectivity index (χ3v) is 4.50. The van der Waals surface area contributed by atoms with Crippen LogP contribution in [-0.2, 0) is 0 Å². The Morgan fingerprint density at radius 2 is 2.00 bits per heavy atom. The van der Waals surface area contributed by atoms with Crippen LogP contribution in [0, 0.1) is 0 Å². The van der Waals surface area contributed by atoms with Crippen LogP contribution in [0.4, 0.5) is 5.82 Å². The first-order valence-corrected chi connectivity index (χ1v) is 7.83. The van der Waals surface area contributed by atoms with Gasteiger partial charge in [0, 0.05) is 28.7 Å². The van der Waals surface area contributed by atoms with E-state index in [4.69, 9.17) is 17.3 Å². The van der Waals surface area contributed by atoms with Crippen molar-refractivity contribution in [3.63, 3.8) is 0 Å². The van der Waals surface area contributed by atoms with Gasteiger partial charge in [0.25, 0.3) is 0 Å². The average Bonchev–Trinajstić information content (AvgIpc) is 3.07. The van der Waals surface area contributed by atoms with E-state index >= 15 is 0 Å². The van der Waals surface area contributed by atoms with Crippen LogP contribution in [0.2, 0.25) is 5.02 Å². The highest BCUT2D eigenvalue weighted by atomic mass is 35.5. The number of hydrogen-bond donors (Lipinski definition) is 2. The van der Waals surface area contributed by atoms with Gasteiger partial charge in [-0.05, 0) is 19.9 Å². The summed E-state index contributed by atoms with van der Waals surface area (Å²) >= 11 is 6.61. The maximum absolute atomic E-state index is 6.61. The predicted octanol–water partition coefficient (Wildman–Crippen LogP) is 4.40. The molecule has 3 N–H and O–H groups in total. The first-order valence-electron chi connectivity index (χ1n) is 7.45. The molecular formula is C17H16ClN5. The topological polar surface area (TPSA) is 72.5 Å². The summed E-state index contributed by atoms with van der Waals surface area (Å²) in [6.45, 7) is 4.21. The molecule has 23 heavy (non-hydrogen) atoms. The van der Waals surface area contributed by atoms with Crippen LogP contribution in [-0.4, -0.2) is 19.5 Å².